The summed E-state index contributed by atoms with van der Waals surface area (Å²) < 4.78 is 22.2. The van der Waals surface area contributed by atoms with E-state index in [1.54, 1.807) is 38.9 Å². The van der Waals surface area contributed by atoms with Crippen LogP contribution in [0.3, 0.4) is 0 Å². The van der Waals surface area contributed by atoms with Crippen LogP contribution in [0, 0.1) is 5.92 Å². The second-order valence-electron chi connectivity index (χ2n) is 8.60. The zero-order valence-electron chi connectivity index (χ0n) is 21.3. The van der Waals surface area contributed by atoms with Crippen LogP contribution in [0.2, 0.25) is 0 Å². The number of rotatable bonds is 9. The molecule has 1 amide bonds. The molecule has 0 fully saturated rings. The summed E-state index contributed by atoms with van der Waals surface area (Å²) in [5, 5.41) is 3.74. The third-order valence-corrected chi connectivity index (χ3v) is 7.37. The molecular weight excluding hydrogens is 476 g/mol. The molecule has 0 radical (unpaired) electrons. The summed E-state index contributed by atoms with van der Waals surface area (Å²) in [6, 6.07) is 11.1. The minimum absolute atomic E-state index is 0.180. The average Bonchev–Trinajstić information content (AvgIpc) is 3.25. The van der Waals surface area contributed by atoms with E-state index in [1.807, 2.05) is 43.3 Å². The molecule has 1 N–H and O–H groups in total. The van der Waals surface area contributed by atoms with Crippen molar-refractivity contribution in [3.05, 3.63) is 58.0 Å². The Morgan fingerprint density at radius 2 is 1.86 bits per heavy atom. The summed E-state index contributed by atoms with van der Waals surface area (Å²) in [5.74, 6) is 2.63. The van der Waals surface area contributed by atoms with Crippen LogP contribution in [0.25, 0.3) is 0 Å². The third-order valence-electron chi connectivity index (χ3n) is 6.21. The van der Waals surface area contributed by atoms with Crippen molar-refractivity contribution in [2.75, 3.05) is 33.3 Å². The molecule has 1 aromatic heterocycles. The van der Waals surface area contributed by atoms with E-state index in [1.165, 1.54) is 4.88 Å². The predicted molar refractivity (Wildman–Crippen MR) is 144 cm³/mol. The van der Waals surface area contributed by atoms with E-state index in [9.17, 15) is 4.79 Å². The number of para-hydroxylation sites is 2. The monoisotopic (exact) mass is 508 g/mol. The van der Waals surface area contributed by atoms with E-state index in [4.69, 9.17) is 23.9 Å². The number of nitrogens with one attached hydrogen (secondary N) is 1. The van der Waals surface area contributed by atoms with E-state index >= 15 is 0 Å². The van der Waals surface area contributed by atoms with Gasteiger partial charge in [-0.25, -0.2) is 4.99 Å². The van der Waals surface area contributed by atoms with Gasteiger partial charge in [0.1, 0.15) is 10.8 Å². The Balaban J connectivity index is 1.74. The lowest BCUT2D eigenvalue weighted by Crippen LogP contribution is -2.17. The van der Waals surface area contributed by atoms with Crippen LogP contribution in [0.5, 0.6) is 23.0 Å². The fraction of sp³-hybridized carbons (Fsp3) is 0.357. The third kappa shape index (κ3) is 5.18. The van der Waals surface area contributed by atoms with Crippen molar-refractivity contribution >= 4 is 34.1 Å². The number of carbonyl (C=O) groups excluding carboxylic acids is 1. The van der Waals surface area contributed by atoms with Crippen LogP contribution in [-0.2, 0) is 12.8 Å². The maximum absolute atomic E-state index is 13.6. The zero-order chi connectivity index (χ0) is 25.7. The lowest BCUT2D eigenvalue weighted by molar-refractivity contribution is 0.102. The summed E-state index contributed by atoms with van der Waals surface area (Å²) in [6.07, 6.45) is 4.57. The highest BCUT2D eigenvalue weighted by atomic mass is 32.1. The molecule has 4 rings (SSSR count). The molecule has 1 aliphatic carbocycles. The molecule has 1 aliphatic rings. The number of hydrogen-bond donors (Lipinski definition) is 1. The number of aliphatic imine (C=N–C) groups is 1. The molecule has 190 valence electrons. The molecule has 0 spiro atoms. The summed E-state index contributed by atoms with van der Waals surface area (Å²) in [5.41, 5.74) is 3.09. The van der Waals surface area contributed by atoms with Crippen molar-refractivity contribution < 1.29 is 23.7 Å². The number of ether oxygens (including phenoxy) is 4. The van der Waals surface area contributed by atoms with E-state index in [0.29, 0.717) is 51.8 Å². The van der Waals surface area contributed by atoms with Gasteiger partial charge in [-0.05, 0) is 61.9 Å². The van der Waals surface area contributed by atoms with Crippen LogP contribution in [-0.4, -0.2) is 40.1 Å². The van der Waals surface area contributed by atoms with Gasteiger partial charge in [-0.3, -0.25) is 4.79 Å². The molecule has 1 atom stereocenters. The molecular formula is C28H32N2O5S. The van der Waals surface area contributed by atoms with Crippen molar-refractivity contribution in [3.63, 3.8) is 0 Å². The quantitative estimate of drug-likeness (QED) is 0.343. The Morgan fingerprint density at radius 3 is 2.58 bits per heavy atom. The maximum atomic E-state index is 13.6. The second kappa shape index (κ2) is 11.5. The SMILES string of the molecule is CCOc1ccccc1NC(=O)c1c(N=Cc2ccc(OC)c(OC)c2OC)sc2c1CC[C@@H](C)C2. The van der Waals surface area contributed by atoms with Gasteiger partial charge in [0.15, 0.2) is 11.5 Å². The van der Waals surface area contributed by atoms with Crippen LogP contribution in [0.4, 0.5) is 10.7 Å². The van der Waals surface area contributed by atoms with Gasteiger partial charge in [0.2, 0.25) is 5.75 Å². The van der Waals surface area contributed by atoms with E-state index in [2.05, 4.69) is 12.2 Å². The maximum Gasteiger partial charge on any atom is 0.259 e. The zero-order valence-corrected chi connectivity index (χ0v) is 22.2. The van der Waals surface area contributed by atoms with Gasteiger partial charge in [0.05, 0.1) is 39.2 Å². The molecule has 0 saturated carbocycles. The highest BCUT2D eigenvalue weighted by molar-refractivity contribution is 7.16. The predicted octanol–water partition coefficient (Wildman–Crippen LogP) is 6.30. The Bertz CT molecular complexity index is 1270. The molecule has 0 bridgehead atoms. The summed E-state index contributed by atoms with van der Waals surface area (Å²) in [7, 11) is 4.73. The topological polar surface area (TPSA) is 78.4 Å². The standard InChI is InChI=1S/C28H32N2O5S/c1-6-35-21-10-8-7-9-20(21)30-27(31)24-19-13-11-17(2)15-23(19)36-28(24)29-16-18-12-14-22(32-3)26(34-5)25(18)33-4/h7-10,12,14,16-17H,6,11,13,15H2,1-5H3,(H,30,31)/t17-/m1/s1. The summed E-state index contributed by atoms with van der Waals surface area (Å²) in [6.45, 7) is 4.68. The first-order valence-corrected chi connectivity index (χ1v) is 12.8. The van der Waals surface area contributed by atoms with Crippen molar-refractivity contribution in [1.29, 1.82) is 0 Å². The van der Waals surface area contributed by atoms with Gasteiger partial charge < -0.3 is 24.3 Å². The van der Waals surface area contributed by atoms with Crippen LogP contribution < -0.4 is 24.3 Å². The molecule has 3 aromatic rings. The molecule has 1 heterocycles. The van der Waals surface area contributed by atoms with Crippen LogP contribution in [0.1, 0.15) is 46.6 Å². The number of methoxy groups -OCH3 is 3. The van der Waals surface area contributed by atoms with Crippen molar-refractivity contribution in [2.24, 2.45) is 10.9 Å². The first-order valence-electron chi connectivity index (χ1n) is 12.0. The Hall–Kier alpha value is -3.52. The van der Waals surface area contributed by atoms with Gasteiger partial charge in [-0.15, -0.1) is 11.3 Å². The van der Waals surface area contributed by atoms with Gasteiger partial charge in [0.25, 0.3) is 5.91 Å². The van der Waals surface area contributed by atoms with Gasteiger partial charge in [-0.2, -0.15) is 0 Å². The second-order valence-corrected chi connectivity index (χ2v) is 9.68. The Kier molecular flexibility index (Phi) is 8.15. The number of carbonyl (C=O) groups is 1. The van der Waals surface area contributed by atoms with E-state index < -0.39 is 0 Å². The molecule has 0 unspecified atom stereocenters. The minimum atomic E-state index is -0.180. The van der Waals surface area contributed by atoms with Gasteiger partial charge in [-0.1, -0.05) is 19.1 Å². The number of amides is 1. The van der Waals surface area contributed by atoms with Crippen molar-refractivity contribution in [2.45, 2.75) is 33.1 Å². The molecule has 0 saturated heterocycles. The van der Waals surface area contributed by atoms with E-state index in [0.717, 1.165) is 30.4 Å². The normalized spacial score (nSPS) is 14.9. The largest absolute Gasteiger partial charge is 0.493 e. The molecule has 36 heavy (non-hydrogen) atoms. The number of nitrogens with zero attached hydrogens (tertiary/aromatic N) is 1. The highest BCUT2D eigenvalue weighted by Gasteiger charge is 2.28. The Morgan fingerprint density at radius 1 is 1.08 bits per heavy atom. The first kappa shape index (κ1) is 25.6. The molecule has 0 aliphatic heterocycles. The summed E-state index contributed by atoms with van der Waals surface area (Å²) in [4.78, 5) is 19.6. The fourth-order valence-electron chi connectivity index (χ4n) is 4.45. The summed E-state index contributed by atoms with van der Waals surface area (Å²) >= 11 is 1.58. The number of benzene rings is 2. The van der Waals surface area contributed by atoms with Crippen molar-refractivity contribution in [1.82, 2.24) is 0 Å². The average molecular weight is 509 g/mol. The van der Waals surface area contributed by atoms with Gasteiger partial charge in [0, 0.05) is 16.7 Å². The molecule has 2 aromatic carbocycles. The number of anilines is 1. The lowest BCUT2D eigenvalue weighted by Gasteiger charge is -2.19. The highest BCUT2D eigenvalue weighted by Crippen LogP contribution is 2.43. The fourth-order valence-corrected chi connectivity index (χ4v) is 5.80. The van der Waals surface area contributed by atoms with E-state index in [-0.39, 0.29) is 5.91 Å². The molecule has 8 heteroatoms. The lowest BCUT2D eigenvalue weighted by atomic mass is 9.88. The molecule has 7 nitrogen and oxygen atoms in total. The van der Waals surface area contributed by atoms with Crippen LogP contribution >= 0.6 is 11.3 Å². The Labute approximate surface area is 216 Å². The van der Waals surface area contributed by atoms with Crippen LogP contribution in [0.15, 0.2) is 41.4 Å². The smallest absolute Gasteiger partial charge is 0.259 e. The van der Waals surface area contributed by atoms with Crippen molar-refractivity contribution in [3.8, 4) is 23.0 Å². The number of fused-ring (bicyclic) bond motifs is 1. The number of hydrogen-bond acceptors (Lipinski definition) is 7. The first-order chi connectivity index (χ1) is 17.5. The minimum Gasteiger partial charge on any atom is -0.493 e. The number of thiophene rings is 1. The van der Waals surface area contributed by atoms with Gasteiger partial charge >= 0.3 is 0 Å².